The number of aliphatic imine (C=N–C) groups is 1. The number of fused-ring (bicyclic) bond motifs is 1. The third-order valence-corrected chi connectivity index (χ3v) is 6.65. The Kier molecular flexibility index (Phi) is 7.06. The van der Waals surface area contributed by atoms with Crippen LogP contribution in [0.3, 0.4) is 0 Å². The third kappa shape index (κ3) is 5.11. The van der Waals surface area contributed by atoms with Crippen molar-refractivity contribution in [1.82, 2.24) is 20.0 Å². The average Bonchev–Trinajstić information content (AvgIpc) is 3.27. The van der Waals surface area contributed by atoms with Crippen molar-refractivity contribution in [2.45, 2.75) is 45.3 Å². The lowest BCUT2D eigenvalue weighted by Gasteiger charge is -2.33. The van der Waals surface area contributed by atoms with Crippen molar-refractivity contribution in [1.29, 1.82) is 0 Å². The maximum absolute atomic E-state index is 5.52. The molecule has 1 aromatic carbocycles. The van der Waals surface area contributed by atoms with Crippen LogP contribution in [0.4, 0.5) is 0 Å². The highest BCUT2D eigenvalue weighted by molar-refractivity contribution is 5.80. The Balaban J connectivity index is 1.33. The lowest BCUT2D eigenvalue weighted by molar-refractivity contribution is 0.0195. The zero-order valence-corrected chi connectivity index (χ0v) is 18.1. The van der Waals surface area contributed by atoms with E-state index in [1.807, 2.05) is 0 Å². The van der Waals surface area contributed by atoms with Gasteiger partial charge in [0.25, 0.3) is 0 Å². The first kappa shape index (κ1) is 20.6. The molecule has 0 aromatic heterocycles. The molecule has 4 rings (SSSR count). The number of morpholine rings is 1. The van der Waals surface area contributed by atoms with Gasteiger partial charge in [-0.2, -0.15) is 0 Å². The van der Waals surface area contributed by atoms with Gasteiger partial charge in [-0.05, 0) is 37.8 Å². The molecule has 3 aliphatic rings. The zero-order valence-electron chi connectivity index (χ0n) is 18.1. The molecule has 29 heavy (non-hydrogen) atoms. The standard InChI is InChI=1S/C23H37N5O/c1-3-24-23(28-11-9-22(18-28)26-12-14-29-15-13-26)25-16-19(2)27-10-8-20-6-4-5-7-21(20)17-27/h4-7,19,22H,3,8-18H2,1-2H3,(H,24,25). The minimum atomic E-state index is 0.453. The number of nitrogens with one attached hydrogen (secondary N) is 1. The van der Waals surface area contributed by atoms with Crippen LogP contribution in [-0.4, -0.2) is 91.8 Å². The summed E-state index contributed by atoms with van der Waals surface area (Å²) in [4.78, 5) is 12.7. The molecule has 2 atom stereocenters. The fourth-order valence-electron chi connectivity index (χ4n) is 4.83. The van der Waals surface area contributed by atoms with Crippen LogP contribution in [0.2, 0.25) is 0 Å². The summed E-state index contributed by atoms with van der Waals surface area (Å²) in [5.74, 6) is 1.09. The predicted molar refractivity (Wildman–Crippen MR) is 118 cm³/mol. The number of guanidine groups is 1. The monoisotopic (exact) mass is 399 g/mol. The Morgan fingerprint density at radius 2 is 1.97 bits per heavy atom. The van der Waals surface area contributed by atoms with Crippen molar-refractivity contribution in [3.05, 3.63) is 35.4 Å². The van der Waals surface area contributed by atoms with E-state index in [1.54, 1.807) is 0 Å². The minimum Gasteiger partial charge on any atom is -0.379 e. The molecular weight excluding hydrogens is 362 g/mol. The molecule has 2 unspecified atom stereocenters. The van der Waals surface area contributed by atoms with Gasteiger partial charge in [-0.1, -0.05) is 24.3 Å². The average molecular weight is 400 g/mol. The summed E-state index contributed by atoms with van der Waals surface area (Å²) in [5.41, 5.74) is 2.99. The predicted octanol–water partition coefficient (Wildman–Crippen LogP) is 1.81. The summed E-state index contributed by atoms with van der Waals surface area (Å²) in [6.45, 7) is 14.5. The van der Waals surface area contributed by atoms with Crippen molar-refractivity contribution in [2.75, 3.05) is 59.0 Å². The summed E-state index contributed by atoms with van der Waals surface area (Å²) in [6, 6.07) is 9.96. The van der Waals surface area contributed by atoms with Crippen molar-refractivity contribution in [3.63, 3.8) is 0 Å². The highest BCUT2D eigenvalue weighted by Crippen LogP contribution is 2.21. The summed E-state index contributed by atoms with van der Waals surface area (Å²) < 4.78 is 5.52. The fourth-order valence-corrected chi connectivity index (χ4v) is 4.83. The van der Waals surface area contributed by atoms with Crippen LogP contribution in [0, 0.1) is 0 Å². The first-order valence-corrected chi connectivity index (χ1v) is 11.4. The molecule has 2 saturated heterocycles. The van der Waals surface area contributed by atoms with E-state index in [9.17, 15) is 0 Å². The lowest BCUT2D eigenvalue weighted by Crippen LogP contribution is -2.47. The molecule has 3 heterocycles. The van der Waals surface area contributed by atoms with Gasteiger partial charge in [-0.15, -0.1) is 0 Å². The maximum Gasteiger partial charge on any atom is 0.194 e. The van der Waals surface area contributed by atoms with Gasteiger partial charge in [0.1, 0.15) is 0 Å². The van der Waals surface area contributed by atoms with Gasteiger partial charge in [-0.3, -0.25) is 14.8 Å². The largest absolute Gasteiger partial charge is 0.379 e. The highest BCUT2D eigenvalue weighted by atomic mass is 16.5. The number of hydrogen-bond acceptors (Lipinski definition) is 4. The van der Waals surface area contributed by atoms with Gasteiger partial charge in [0.15, 0.2) is 5.96 Å². The van der Waals surface area contributed by atoms with E-state index in [0.717, 1.165) is 78.0 Å². The molecule has 6 nitrogen and oxygen atoms in total. The number of nitrogens with zero attached hydrogens (tertiary/aromatic N) is 4. The van der Waals surface area contributed by atoms with E-state index in [4.69, 9.17) is 9.73 Å². The summed E-state index contributed by atoms with van der Waals surface area (Å²) in [6.07, 6.45) is 2.38. The second-order valence-electron chi connectivity index (χ2n) is 8.57. The van der Waals surface area contributed by atoms with Crippen LogP contribution < -0.4 is 5.32 Å². The first-order chi connectivity index (χ1) is 14.2. The normalized spacial score (nSPS) is 25.1. The van der Waals surface area contributed by atoms with Crippen LogP contribution in [-0.2, 0) is 17.7 Å². The molecule has 0 amide bonds. The minimum absolute atomic E-state index is 0.453. The van der Waals surface area contributed by atoms with Crippen molar-refractivity contribution in [3.8, 4) is 0 Å². The van der Waals surface area contributed by atoms with Gasteiger partial charge in [0.2, 0.25) is 0 Å². The summed E-state index contributed by atoms with van der Waals surface area (Å²) in [5, 5.41) is 3.54. The van der Waals surface area contributed by atoms with Crippen LogP contribution in [0.1, 0.15) is 31.4 Å². The molecule has 0 radical (unpaired) electrons. The molecule has 160 valence electrons. The van der Waals surface area contributed by atoms with Crippen molar-refractivity contribution >= 4 is 5.96 Å². The first-order valence-electron chi connectivity index (χ1n) is 11.4. The SMILES string of the molecule is CCNC(=NCC(C)N1CCc2ccccc2C1)N1CCC(N2CCOCC2)C1. The van der Waals surface area contributed by atoms with Gasteiger partial charge in [0.05, 0.1) is 19.8 Å². The topological polar surface area (TPSA) is 43.3 Å². The quantitative estimate of drug-likeness (QED) is 0.604. The Hall–Kier alpha value is -1.63. The van der Waals surface area contributed by atoms with Crippen molar-refractivity contribution < 1.29 is 4.74 Å². The molecular formula is C23H37N5O. The molecule has 6 heteroatoms. The number of rotatable bonds is 5. The van der Waals surface area contributed by atoms with E-state index in [0.29, 0.717) is 12.1 Å². The Labute approximate surface area is 175 Å². The Morgan fingerprint density at radius 3 is 2.76 bits per heavy atom. The molecule has 0 spiro atoms. The fraction of sp³-hybridized carbons (Fsp3) is 0.696. The number of benzene rings is 1. The second-order valence-corrected chi connectivity index (χ2v) is 8.57. The van der Waals surface area contributed by atoms with Gasteiger partial charge < -0.3 is 15.0 Å². The Morgan fingerprint density at radius 1 is 1.17 bits per heavy atom. The number of ether oxygens (including phenoxy) is 1. The van der Waals surface area contributed by atoms with Gasteiger partial charge in [0, 0.05) is 57.9 Å². The van der Waals surface area contributed by atoms with Gasteiger partial charge >= 0.3 is 0 Å². The molecule has 0 aliphatic carbocycles. The molecule has 0 saturated carbocycles. The zero-order chi connectivity index (χ0) is 20.1. The van der Waals surface area contributed by atoms with Crippen LogP contribution >= 0.6 is 0 Å². The Bertz CT molecular complexity index is 688. The van der Waals surface area contributed by atoms with Gasteiger partial charge in [-0.25, -0.2) is 0 Å². The lowest BCUT2D eigenvalue weighted by atomic mass is 9.99. The molecule has 3 aliphatic heterocycles. The molecule has 1 N–H and O–H groups in total. The van der Waals surface area contributed by atoms with E-state index in [2.05, 4.69) is 58.1 Å². The van der Waals surface area contributed by atoms with E-state index >= 15 is 0 Å². The van der Waals surface area contributed by atoms with E-state index < -0.39 is 0 Å². The smallest absolute Gasteiger partial charge is 0.194 e. The van der Waals surface area contributed by atoms with Crippen LogP contribution in [0.5, 0.6) is 0 Å². The number of hydrogen-bond donors (Lipinski definition) is 1. The maximum atomic E-state index is 5.52. The second kappa shape index (κ2) is 9.92. The molecule has 1 aromatic rings. The van der Waals surface area contributed by atoms with Crippen LogP contribution in [0.15, 0.2) is 29.3 Å². The third-order valence-electron chi connectivity index (χ3n) is 6.65. The van der Waals surface area contributed by atoms with Crippen molar-refractivity contribution in [2.24, 2.45) is 4.99 Å². The van der Waals surface area contributed by atoms with E-state index in [1.165, 1.54) is 17.5 Å². The highest BCUT2D eigenvalue weighted by Gasteiger charge is 2.30. The molecule has 0 bridgehead atoms. The van der Waals surface area contributed by atoms with Crippen LogP contribution in [0.25, 0.3) is 0 Å². The summed E-state index contributed by atoms with van der Waals surface area (Å²) in [7, 11) is 0. The summed E-state index contributed by atoms with van der Waals surface area (Å²) >= 11 is 0. The number of likely N-dealkylation sites (tertiary alicyclic amines) is 1. The molecule has 2 fully saturated rings. The van der Waals surface area contributed by atoms with E-state index in [-0.39, 0.29) is 0 Å².